The van der Waals surface area contributed by atoms with Crippen molar-refractivity contribution >= 4 is 0 Å². The number of ether oxygens (including phenoxy) is 1. The van der Waals surface area contributed by atoms with Crippen LogP contribution >= 0.6 is 0 Å². The molecule has 0 aliphatic rings. The standard InChI is InChI=1S/C6H13O/c1-4-6(5-2)7-3/h6H,3-5H2,1-2H3. The van der Waals surface area contributed by atoms with E-state index in [0.29, 0.717) is 6.10 Å². The maximum absolute atomic E-state index is 4.80. The van der Waals surface area contributed by atoms with Gasteiger partial charge in [-0.1, -0.05) is 13.8 Å². The van der Waals surface area contributed by atoms with Gasteiger partial charge in [0.15, 0.2) is 0 Å². The van der Waals surface area contributed by atoms with Crippen LogP contribution < -0.4 is 0 Å². The first kappa shape index (κ1) is 6.96. The molecule has 0 N–H and O–H groups in total. The number of hydrogen-bond acceptors (Lipinski definition) is 1. The maximum Gasteiger partial charge on any atom is 0.0704 e. The first-order valence-corrected chi connectivity index (χ1v) is 2.76. The molecule has 0 aromatic heterocycles. The van der Waals surface area contributed by atoms with Crippen LogP contribution in [0.5, 0.6) is 0 Å². The van der Waals surface area contributed by atoms with E-state index in [0.717, 1.165) is 12.8 Å². The van der Waals surface area contributed by atoms with Crippen LogP contribution in [-0.4, -0.2) is 6.10 Å². The third-order valence-corrected chi connectivity index (χ3v) is 1.15. The second-order valence-electron chi connectivity index (χ2n) is 1.61. The van der Waals surface area contributed by atoms with Crippen molar-refractivity contribution in [2.75, 3.05) is 0 Å². The van der Waals surface area contributed by atoms with Crippen LogP contribution in [0.15, 0.2) is 0 Å². The Balaban J connectivity index is 2.99. The maximum atomic E-state index is 4.80. The third kappa shape index (κ3) is 2.63. The Hall–Kier alpha value is -0.0400. The Bertz CT molecular complexity index is 25.7. The molecule has 0 amide bonds. The first-order valence-electron chi connectivity index (χ1n) is 2.76. The summed E-state index contributed by atoms with van der Waals surface area (Å²) in [5, 5.41) is 0. The number of rotatable bonds is 3. The molecule has 1 heteroatoms. The van der Waals surface area contributed by atoms with Gasteiger partial charge in [0, 0.05) is 0 Å². The monoisotopic (exact) mass is 101 g/mol. The second-order valence-corrected chi connectivity index (χ2v) is 1.61. The minimum absolute atomic E-state index is 0.375. The summed E-state index contributed by atoms with van der Waals surface area (Å²) in [7, 11) is 3.33. The van der Waals surface area contributed by atoms with Crippen LogP contribution in [0.25, 0.3) is 0 Å². The topological polar surface area (TPSA) is 9.23 Å². The van der Waals surface area contributed by atoms with Crippen molar-refractivity contribution in [3.05, 3.63) is 7.11 Å². The molecule has 0 aromatic carbocycles. The molecule has 0 atom stereocenters. The van der Waals surface area contributed by atoms with Crippen LogP contribution in [0.4, 0.5) is 0 Å². The van der Waals surface area contributed by atoms with Crippen LogP contribution in [-0.2, 0) is 4.74 Å². The van der Waals surface area contributed by atoms with Gasteiger partial charge < -0.3 is 4.74 Å². The molecule has 0 saturated heterocycles. The molecule has 0 aliphatic heterocycles. The molecular weight excluding hydrogens is 88.1 g/mol. The summed E-state index contributed by atoms with van der Waals surface area (Å²) in [6.45, 7) is 4.19. The first-order chi connectivity index (χ1) is 3.35. The normalized spacial score (nSPS) is 10.3. The molecule has 0 saturated carbocycles. The summed E-state index contributed by atoms with van der Waals surface area (Å²) in [6.07, 6.45) is 2.51. The average molecular weight is 101 g/mol. The zero-order chi connectivity index (χ0) is 5.70. The van der Waals surface area contributed by atoms with Gasteiger partial charge in [-0.3, -0.25) is 0 Å². The van der Waals surface area contributed by atoms with Gasteiger partial charge in [0.2, 0.25) is 0 Å². The molecule has 0 rings (SSSR count). The van der Waals surface area contributed by atoms with Crippen molar-refractivity contribution in [3.63, 3.8) is 0 Å². The van der Waals surface area contributed by atoms with Gasteiger partial charge in [-0.15, -0.1) is 0 Å². The van der Waals surface area contributed by atoms with Crippen molar-refractivity contribution in [3.8, 4) is 0 Å². The van der Waals surface area contributed by atoms with Gasteiger partial charge >= 0.3 is 0 Å². The fourth-order valence-corrected chi connectivity index (χ4v) is 0.524. The van der Waals surface area contributed by atoms with Gasteiger partial charge in [0.05, 0.1) is 13.2 Å². The summed E-state index contributed by atoms with van der Waals surface area (Å²) in [6, 6.07) is 0. The molecule has 43 valence electrons. The predicted molar refractivity (Wildman–Crippen MR) is 30.8 cm³/mol. The zero-order valence-electron chi connectivity index (χ0n) is 5.11. The van der Waals surface area contributed by atoms with Gasteiger partial charge in [-0.05, 0) is 12.8 Å². The molecule has 0 spiro atoms. The largest absolute Gasteiger partial charge is 0.376 e. The van der Waals surface area contributed by atoms with Crippen molar-refractivity contribution in [2.24, 2.45) is 0 Å². The smallest absolute Gasteiger partial charge is 0.0704 e. The fraction of sp³-hybridized carbons (Fsp3) is 0.833. The molecule has 0 aromatic rings. The van der Waals surface area contributed by atoms with Gasteiger partial charge in [-0.25, -0.2) is 0 Å². The lowest BCUT2D eigenvalue weighted by molar-refractivity contribution is 0.130. The third-order valence-electron chi connectivity index (χ3n) is 1.15. The Morgan fingerprint density at radius 3 is 1.86 bits per heavy atom. The molecule has 7 heavy (non-hydrogen) atoms. The Morgan fingerprint density at radius 2 is 1.86 bits per heavy atom. The van der Waals surface area contributed by atoms with E-state index in [1.165, 1.54) is 0 Å². The van der Waals surface area contributed by atoms with E-state index in [2.05, 4.69) is 21.0 Å². The zero-order valence-corrected chi connectivity index (χ0v) is 5.11. The summed E-state index contributed by atoms with van der Waals surface area (Å²) >= 11 is 0. The van der Waals surface area contributed by atoms with Crippen molar-refractivity contribution < 1.29 is 4.74 Å². The molecule has 1 radical (unpaired) electrons. The van der Waals surface area contributed by atoms with Crippen LogP contribution in [0.1, 0.15) is 26.7 Å². The highest BCUT2D eigenvalue weighted by Crippen LogP contribution is 1.99. The van der Waals surface area contributed by atoms with E-state index in [1.54, 1.807) is 0 Å². The lowest BCUT2D eigenvalue weighted by Gasteiger charge is -2.06. The van der Waals surface area contributed by atoms with E-state index >= 15 is 0 Å². The molecule has 0 aliphatic carbocycles. The number of hydrogen-bond donors (Lipinski definition) is 0. The quantitative estimate of drug-likeness (QED) is 0.528. The molecule has 0 heterocycles. The summed E-state index contributed by atoms with van der Waals surface area (Å²) in [5.74, 6) is 0. The van der Waals surface area contributed by atoms with Crippen LogP contribution in [0, 0.1) is 7.11 Å². The predicted octanol–water partition coefficient (Wildman–Crippen LogP) is 1.98. The summed E-state index contributed by atoms with van der Waals surface area (Å²) in [4.78, 5) is 0. The van der Waals surface area contributed by atoms with Crippen molar-refractivity contribution in [1.29, 1.82) is 0 Å². The highest BCUT2D eigenvalue weighted by molar-refractivity contribution is 4.48. The van der Waals surface area contributed by atoms with E-state index in [1.807, 2.05) is 0 Å². The molecule has 0 fully saturated rings. The Kier molecular flexibility index (Phi) is 4.10. The highest BCUT2D eigenvalue weighted by atomic mass is 16.5. The molecule has 0 bridgehead atoms. The second kappa shape index (κ2) is 4.13. The molecule has 1 nitrogen and oxygen atoms in total. The highest BCUT2D eigenvalue weighted by Gasteiger charge is 1.96. The van der Waals surface area contributed by atoms with E-state index in [-0.39, 0.29) is 0 Å². The van der Waals surface area contributed by atoms with E-state index in [9.17, 15) is 0 Å². The Morgan fingerprint density at radius 1 is 1.43 bits per heavy atom. The van der Waals surface area contributed by atoms with Crippen molar-refractivity contribution in [2.45, 2.75) is 32.8 Å². The Labute approximate surface area is 45.7 Å². The minimum atomic E-state index is 0.375. The van der Waals surface area contributed by atoms with Gasteiger partial charge in [0.1, 0.15) is 0 Å². The van der Waals surface area contributed by atoms with Gasteiger partial charge in [0.25, 0.3) is 0 Å². The van der Waals surface area contributed by atoms with Gasteiger partial charge in [-0.2, -0.15) is 0 Å². The van der Waals surface area contributed by atoms with Crippen LogP contribution in [0.2, 0.25) is 0 Å². The minimum Gasteiger partial charge on any atom is -0.376 e. The lowest BCUT2D eigenvalue weighted by Crippen LogP contribution is -2.03. The van der Waals surface area contributed by atoms with E-state index in [4.69, 9.17) is 4.74 Å². The van der Waals surface area contributed by atoms with E-state index < -0.39 is 0 Å². The van der Waals surface area contributed by atoms with Crippen LogP contribution in [0.3, 0.4) is 0 Å². The summed E-state index contributed by atoms with van der Waals surface area (Å²) < 4.78 is 4.80. The van der Waals surface area contributed by atoms with Crippen molar-refractivity contribution in [1.82, 2.24) is 0 Å². The lowest BCUT2D eigenvalue weighted by atomic mass is 10.2. The molecular formula is C6H13O. The average Bonchev–Trinajstić information content (AvgIpc) is 1.72. The summed E-state index contributed by atoms with van der Waals surface area (Å²) in [5.41, 5.74) is 0. The molecule has 0 unspecified atom stereocenters. The SMILES string of the molecule is [CH2]OC(CC)CC. The fourth-order valence-electron chi connectivity index (χ4n) is 0.524.